The van der Waals surface area contributed by atoms with Gasteiger partial charge in [0.1, 0.15) is 0 Å². The molecule has 0 spiro atoms. The number of nitrogen functional groups attached to an aromatic ring is 1. The zero-order valence-electron chi connectivity index (χ0n) is 12.3. The van der Waals surface area contributed by atoms with Gasteiger partial charge in [0.25, 0.3) is 0 Å². The van der Waals surface area contributed by atoms with Crippen LogP contribution in [0.25, 0.3) is 0 Å². The van der Waals surface area contributed by atoms with E-state index in [-0.39, 0.29) is 5.91 Å². The molecule has 5 nitrogen and oxygen atoms in total. The third-order valence-electron chi connectivity index (χ3n) is 3.77. The quantitative estimate of drug-likeness (QED) is 0.815. The summed E-state index contributed by atoms with van der Waals surface area (Å²) < 4.78 is 0. The molecule has 0 saturated carbocycles. The van der Waals surface area contributed by atoms with Crippen LogP contribution in [0.1, 0.15) is 13.3 Å². The van der Waals surface area contributed by atoms with E-state index < -0.39 is 0 Å². The van der Waals surface area contributed by atoms with Gasteiger partial charge in [0.05, 0.1) is 17.9 Å². The van der Waals surface area contributed by atoms with E-state index in [2.05, 4.69) is 29.1 Å². The van der Waals surface area contributed by atoms with E-state index in [1.807, 2.05) is 18.2 Å². The van der Waals surface area contributed by atoms with Crippen molar-refractivity contribution in [2.24, 2.45) is 0 Å². The van der Waals surface area contributed by atoms with Gasteiger partial charge in [0, 0.05) is 19.1 Å². The van der Waals surface area contributed by atoms with Crippen LogP contribution in [-0.2, 0) is 4.79 Å². The number of hydrogen-bond acceptors (Lipinski definition) is 4. The Labute approximate surface area is 120 Å². The molecule has 2 rings (SSSR count). The Balaban J connectivity index is 1.92. The van der Waals surface area contributed by atoms with Crippen molar-refractivity contribution in [3.8, 4) is 0 Å². The topological polar surface area (TPSA) is 61.6 Å². The molecule has 1 unspecified atom stereocenters. The first-order valence-corrected chi connectivity index (χ1v) is 7.13. The number of likely N-dealkylation sites (N-methyl/N-ethyl adjacent to an activating group) is 1. The van der Waals surface area contributed by atoms with Crippen molar-refractivity contribution in [3.63, 3.8) is 0 Å². The van der Waals surface area contributed by atoms with Crippen molar-refractivity contribution in [2.45, 2.75) is 19.4 Å². The summed E-state index contributed by atoms with van der Waals surface area (Å²) in [5.41, 5.74) is 7.13. The molecule has 5 heteroatoms. The zero-order valence-corrected chi connectivity index (χ0v) is 12.3. The summed E-state index contributed by atoms with van der Waals surface area (Å²) in [5, 5.41) is 2.89. The number of carbonyl (C=O) groups is 1. The van der Waals surface area contributed by atoms with Gasteiger partial charge in [-0.2, -0.15) is 0 Å². The predicted octanol–water partition coefficient (Wildman–Crippen LogP) is 1.23. The van der Waals surface area contributed by atoms with Crippen LogP contribution >= 0.6 is 0 Å². The number of rotatable bonds is 3. The Kier molecular flexibility index (Phi) is 4.98. The summed E-state index contributed by atoms with van der Waals surface area (Å²) in [4.78, 5) is 16.7. The Bertz CT molecular complexity index is 463. The fourth-order valence-corrected chi connectivity index (χ4v) is 2.64. The summed E-state index contributed by atoms with van der Waals surface area (Å²) in [7, 11) is 2.13. The number of anilines is 2. The lowest BCUT2D eigenvalue weighted by molar-refractivity contribution is -0.117. The number of benzene rings is 1. The highest BCUT2D eigenvalue weighted by molar-refractivity contribution is 5.95. The summed E-state index contributed by atoms with van der Waals surface area (Å²) in [5.74, 6) is -0.000645. The van der Waals surface area contributed by atoms with Crippen molar-refractivity contribution in [2.75, 3.05) is 44.3 Å². The number of amides is 1. The highest BCUT2D eigenvalue weighted by Gasteiger charge is 2.21. The lowest BCUT2D eigenvalue weighted by Gasteiger charge is -2.27. The molecule has 1 atom stereocenters. The highest BCUT2D eigenvalue weighted by atomic mass is 16.2. The van der Waals surface area contributed by atoms with Crippen LogP contribution in [-0.4, -0.2) is 55.0 Å². The van der Waals surface area contributed by atoms with Crippen molar-refractivity contribution >= 4 is 17.3 Å². The minimum Gasteiger partial charge on any atom is -0.397 e. The number of nitrogens with one attached hydrogen (secondary N) is 1. The van der Waals surface area contributed by atoms with Gasteiger partial charge in [0.15, 0.2) is 0 Å². The summed E-state index contributed by atoms with van der Waals surface area (Å²) in [6.45, 7) is 5.65. The number of carbonyl (C=O) groups excluding carboxylic acids is 1. The van der Waals surface area contributed by atoms with Crippen LogP contribution in [0, 0.1) is 0 Å². The Hall–Kier alpha value is -1.59. The molecule has 110 valence electrons. The molecule has 0 radical (unpaired) electrons. The van der Waals surface area contributed by atoms with Crippen molar-refractivity contribution in [3.05, 3.63) is 24.3 Å². The molecule has 1 aromatic rings. The van der Waals surface area contributed by atoms with Gasteiger partial charge < -0.3 is 16.0 Å². The van der Waals surface area contributed by atoms with Gasteiger partial charge in [-0.3, -0.25) is 9.69 Å². The van der Waals surface area contributed by atoms with Crippen molar-refractivity contribution in [1.82, 2.24) is 9.80 Å². The molecule has 1 fully saturated rings. The van der Waals surface area contributed by atoms with Crippen molar-refractivity contribution < 1.29 is 4.79 Å². The minimum absolute atomic E-state index is 0.000645. The van der Waals surface area contributed by atoms with Gasteiger partial charge in [-0.05, 0) is 39.1 Å². The third kappa shape index (κ3) is 3.95. The Morgan fingerprint density at radius 1 is 1.40 bits per heavy atom. The van der Waals surface area contributed by atoms with Gasteiger partial charge in [0.2, 0.25) is 5.91 Å². The van der Waals surface area contributed by atoms with E-state index in [0.29, 0.717) is 24.0 Å². The lowest BCUT2D eigenvalue weighted by atomic mass is 10.2. The molecule has 20 heavy (non-hydrogen) atoms. The van der Waals surface area contributed by atoms with Gasteiger partial charge in [-0.15, -0.1) is 0 Å². The fourth-order valence-electron chi connectivity index (χ4n) is 2.64. The smallest absolute Gasteiger partial charge is 0.238 e. The van der Waals surface area contributed by atoms with Gasteiger partial charge in [-0.25, -0.2) is 0 Å². The number of hydrogen-bond donors (Lipinski definition) is 2. The second-order valence-electron chi connectivity index (χ2n) is 5.57. The number of nitrogens with two attached hydrogens (primary N) is 1. The number of para-hydroxylation sites is 2. The molecule has 1 saturated heterocycles. The molecule has 0 aromatic heterocycles. The van der Waals surface area contributed by atoms with Crippen LogP contribution < -0.4 is 11.1 Å². The highest BCUT2D eigenvalue weighted by Crippen LogP contribution is 2.17. The standard InChI is InChI=1S/C15H24N4O/c1-12-10-18(2)8-5-9-19(12)11-15(20)17-14-7-4-3-6-13(14)16/h3-4,6-7,12H,5,8-11,16H2,1-2H3,(H,17,20). The van der Waals surface area contributed by atoms with E-state index >= 15 is 0 Å². The van der Waals surface area contributed by atoms with E-state index in [0.717, 1.165) is 26.1 Å². The Morgan fingerprint density at radius 2 is 2.15 bits per heavy atom. The maximum Gasteiger partial charge on any atom is 0.238 e. The van der Waals surface area contributed by atoms with E-state index in [1.165, 1.54) is 0 Å². The average Bonchev–Trinajstić information content (AvgIpc) is 2.54. The minimum atomic E-state index is -0.000645. The van der Waals surface area contributed by atoms with Gasteiger partial charge in [-0.1, -0.05) is 12.1 Å². The Morgan fingerprint density at radius 3 is 2.90 bits per heavy atom. The fraction of sp³-hybridized carbons (Fsp3) is 0.533. The largest absolute Gasteiger partial charge is 0.397 e. The molecule has 1 aliphatic rings. The van der Waals surface area contributed by atoms with Crippen LogP contribution in [0.3, 0.4) is 0 Å². The zero-order chi connectivity index (χ0) is 14.5. The molecule has 0 aliphatic carbocycles. The van der Waals surface area contributed by atoms with Crippen LogP contribution in [0.5, 0.6) is 0 Å². The molecule has 0 bridgehead atoms. The second kappa shape index (κ2) is 6.72. The molecule has 1 aromatic carbocycles. The van der Waals surface area contributed by atoms with E-state index in [4.69, 9.17) is 5.73 Å². The van der Waals surface area contributed by atoms with E-state index in [1.54, 1.807) is 6.07 Å². The maximum absolute atomic E-state index is 12.2. The molecule has 3 N–H and O–H groups in total. The van der Waals surface area contributed by atoms with Crippen molar-refractivity contribution in [1.29, 1.82) is 0 Å². The third-order valence-corrected chi connectivity index (χ3v) is 3.77. The molecule has 1 aliphatic heterocycles. The predicted molar refractivity (Wildman–Crippen MR) is 82.6 cm³/mol. The first kappa shape index (κ1) is 14.8. The lowest BCUT2D eigenvalue weighted by Crippen LogP contribution is -2.42. The molecule has 1 amide bonds. The van der Waals surface area contributed by atoms with Crippen LogP contribution in [0.4, 0.5) is 11.4 Å². The molecular weight excluding hydrogens is 252 g/mol. The van der Waals surface area contributed by atoms with Crippen LogP contribution in [0.15, 0.2) is 24.3 Å². The first-order chi connectivity index (χ1) is 9.56. The second-order valence-corrected chi connectivity index (χ2v) is 5.57. The molecular formula is C15H24N4O. The number of nitrogens with zero attached hydrogens (tertiary/aromatic N) is 2. The van der Waals surface area contributed by atoms with Gasteiger partial charge >= 0.3 is 0 Å². The summed E-state index contributed by atoms with van der Waals surface area (Å²) in [6.07, 6.45) is 1.10. The molecule has 1 heterocycles. The average molecular weight is 276 g/mol. The monoisotopic (exact) mass is 276 g/mol. The summed E-state index contributed by atoms with van der Waals surface area (Å²) in [6, 6.07) is 7.74. The SMILES string of the molecule is CC1CN(C)CCCN1CC(=O)Nc1ccccc1N. The maximum atomic E-state index is 12.2. The van der Waals surface area contributed by atoms with Crippen LogP contribution in [0.2, 0.25) is 0 Å². The summed E-state index contributed by atoms with van der Waals surface area (Å²) >= 11 is 0. The van der Waals surface area contributed by atoms with E-state index in [9.17, 15) is 4.79 Å². The normalized spacial score (nSPS) is 21.4. The first-order valence-electron chi connectivity index (χ1n) is 7.13.